The van der Waals surface area contributed by atoms with Gasteiger partial charge in [0.2, 0.25) is 11.8 Å². The fourth-order valence-electron chi connectivity index (χ4n) is 2.60. The normalized spacial score (nSPS) is 24.2. The van der Waals surface area contributed by atoms with Gasteiger partial charge in [-0.05, 0) is 18.8 Å². The van der Waals surface area contributed by atoms with E-state index in [2.05, 4.69) is 10.6 Å². The highest BCUT2D eigenvalue weighted by Gasteiger charge is 2.32. The lowest BCUT2D eigenvalue weighted by Gasteiger charge is -2.37. The van der Waals surface area contributed by atoms with Gasteiger partial charge in [0.25, 0.3) is 0 Å². The number of carbonyl (C=O) groups is 2. The molecule has 0 aromatic carbocycles. The monoisotopic (exact) mass is 267 g/mol. The predicted octanol–water partition coefficient (Wildman–Crippen LogP) is 0.217. The number of rotatable bonds is 4. The van der Waals surface area contributed by atoms with Gasteiger partial charge in [-0.1, -0.05) is 13.8 Å². The van der Waals surface area contributed by atoms with Gasteiger partial charge in [-0.3, -0.25) is 9.59 Å². The van der Waals surface area contributed by atoms with Gasteiger partial charge in [0.05, 0.1) is 5.92 Å². The summed E-state index contributed by atoms with van der Waals surface area (Å²) in [6, 6.07) is 0. The van der Waals surface area contributed by atoms with E-state index in [1.165, 1.54) is 0 Å². The van der Waals surface area contributed by atoms with Crippen LogP contribution in [0.4, 0.5) is 0 Å². The van der Waals surface area contributed by atoms with E-state index in [-0.39, 0.29) is 17.7 Å². The van der Waals surface area contributed by atoms with Gasteiger partial charge in [-0.15, -0.1) is 0 Å². The zero-order valence-corrected chi connectivity index (χ0v) is 11.9. The summed E-state index contributed by atoms with van der Waals surface area (Å²) < 4.78 is 0. The maximum absolute atomic E-state index is 12.2. The van der Waals surface area contributed by atoms with Gasteiger partial charge < -0.3 is 15.5 Å². The van der Waals surface area contributed by atoms with Crippen molar-refractivity contribution in [3.05, 3.63) is 0 Å². The first-order valence-electron chi connectivity index (χ1n) is 7.35. The Kier molecular flexibility index (Phi) is 4.80. The molecule has 0 saturated carbocycles. The molecule has 1 unspecified atom stereocenters. The third-order valence-electron chi connectivity index (χ3n) is 4.05. The standard InChI is InChI=1S/C14H25N3O2/c1-10(2)13(18)16-6-11-4-3-5-17(9-11)14(19)12-7-15-8-12/h10-12,15H,3-9H2,1-2H3,(H,16,18). The molecular weight excluding hydrogens is 242 g/mol. The van der Waals surface area contributed by atoms with Crippen LogP contribution in [0.1, 0.15) is 26.7 Å². The summed E-state index contributed by atoms with van der Waals surface area (Å²) in [7, 11) is 0. The maximum Gasteiger partial charge on any atom is 0.228 e. The number of nitrogens with zero attached hydrogens (tertiary/aromatic N) is 1. The van der Waals surface area contributed by atoms with Gasteiger partial charge >= 0.3 is 0 Å². The molecule has 0 radical (unpaired) electrons. The maximum atomic E-state index is 12.2. The van der Waals surface area contributed by atoms with Crippen LogP contribution >= 0.6 is 0 Å². The lowest BCUT2D eigenvalue weighted by atomic mass is 9.94. The van der Waals surface area contributed by atoms with Gasteiger partial charge in [0.1, 0.15) is 0 Å². The molecule has 5 heteroatoms. The van der Waals surface area contributed by atoms with Crippen LogP contribution < -0.4 is 10.6 Å². The second kappa shape index (κ2) is 6.37. The van der Waals surface area contributed by atoms with Gasteiger partial charge in [0, 0.05) is 38.6 Å². The summed E-state index contributed by atoms with van der Waals surface area (Å²) in [4.78, 5) is 25.7. The molecule has 2 saturated heterocycles. The zero-order valence-electron chi connectivity index (χ0n) is 11.9. The largest absolute Gasteiger partial charge is 0.356 e. The first kappa shape index (κ1) is 14.3. The van der Waals surface area contributed by atoms with E-state index in [1.54, 1.807) is 0 Å². The molecule has 0 aromatic heterocycles. The Morgan fingerprint density at radius 2 is 2.11 bits per heavy atom. The molecule has 1 atom stereocenters. The smallest absolute Gasteiger partial charge is 0.228 e. The van der Waals surface area contributed by atoms with E-state index in [0.29, 0.717) is 18.4 Å². The number of hydrogen-bond acceptors (Lipinski definition) is 3. The van der Waals surface area contributed by atoms with Crippen molar-refractivity contribution < 1.29 is 9.59 Å². The van der Waals surface area contributed by atoms with Crippen LogP contribution in [0.15, 0.2) is 0 Å². The zero-order chi connectivity index (χ0) is 13.8. The van der Waals surface area contributed by atoms with E-state index in [4.69, 9.17) is 0 Å². The molecule has 2 heterocycles. The van der Waals surface area contributed by atoms with Crippen molar-refractivity contribution in [3.63, 3.8) is 0 Å². The molecule has 2 amide bonds. The molecule has 0 aliphatic carbocycles. The number of carbonyl (C=O) groups excluding carboxylic acids is 2. The van der Waals surface area contributed by atoms with E-state index in [0.717, 1.165) is 39.0 Å². The molecule has 2 rings (SSSR count). The van der Waals surface area contributed by atoms with E-state index < -0.39 is 0 Å². The van der Waals surface area contributed by atoms with Crippen molar-refractivity contribution in [1.29, 1.82) is 0 Å². The number of amides is 2. The molecule has 2 fully saturated rings. The summed E-state index contributed by atoms with van der Waals surface area (Å²) in [6.45, 7) is 7.82. The lowest BCUT2D eigenvalue weighted by Crippen LogP contribution is -2.54. The summed E-state index contributed by atoms with van der Waals surface area (Å²) in [6.07, 6.45) is 2.15. The summed E-state index contributed by atoms with van der Waals surface area (Å²) in [5, 5.41) is 6.12. The second-order valence-corrected chi connectivity index (χ2v) is 6.05. The van der Waals surface area contributed by atoms with E-state index in [9.17, 15) is 9.59 Å². The topological polar surface area (TPSA) is 61.4 Å². The Morgan fingerprint density at radius 1 is 1.37 bits per heavy atom. The first-order chi connectivity index (χ1) is 9.08. The first-order valence-corrected chi connectivity index (χ1v) is 7.35. The molecule has 0 spiro atoms. The van der Waals surface area contributed by atoms with Crippen molar-refractivity contribution in [2.75, 3.05) is 32.7 Å². The molecule has 19 heavy (non-hydrogen) atoms. The van der Waals surface area contributed by atoms with Crippen molar-refractivity contribution in [2.24, 2.45) is 17.8 Å². The highest BCUT2D eigenvalue weighted by atomic mass is 16.2. The predicted molar refractivity (Wildman–Crippen MR) is 73.5 cm³/mol. The molecule has 2 aliphatic heterocycles. The minimum atomic E-state index is 0.0300. The second-order valence-electron chi connectivity index (χ2n) is 6.05. The third kappa shape index (κ3) is 3.69. The minimum Gasteiger partial charge on any atom is -0.356 e. The third-order valence-corrected chi connectivity index (χ3v) is 4.05. The Morgan fingerprint density at radius 3 is 2.68 bits per heavy atom. The number of nitrogens with one attached hydrogen (secondary N) is 2. The quantitative estimate of drug-likeness (QED) is 0.766. The van der Waals surface area contributed by atoms with Crippen molar-refractivity contribution in [1.82, 2.24) is 15.5 Å². The van der Waals surface area contributed by atoms with Gasteiger partial charge in [-0.25, -0.2) is 0 Å². The summed E-state index contributed by atoms with van der Waals surface area (Å²) in [5.41, 5.74) is 0. The highest BCUT2D eigenvalue weighted by Crippen LogP contribution is 2.19. The van der Waals surface area contributed by atoms with E-state index >= 15 is 0 Å². The van der Waals surface area contributed by atoms with Crippen molar-refractivity contribution >= 4 is 11.8 Å². The van der Waals surface area contributed by atoms with E-state index in [1.807, 2.05) is 18.7 Å². The Balaban J connectivity index is 1.76. The van der Waals surface area contributed by atoms with Crippen molar-refractivity contribution in [2.45, 2.75) is 26.7 Å². The number of hydrogen-bond donors (Lipinski definition) is 2. The number of likely N-dealkylation sites (tertiary alicyclic amines) is 1. The molecule has 108 valence electrons. The highest BCUT2D eigenvalue weighted by molar-refractivity contribution is 5.80. The molecule has 0 aromatic rings. The van der Waals surface area contributed by atoms with Crippen LogP contribution in [0, 0.1) is 17.8 Å². The van der Waals surface area contributed by atoms with Crippen LogP contribution in [-0.2, 0) is 9.59 Å². The van der Waals surface area contributed by atoms with Crippen LogP contribution in [0.3, 0.4) is 0 Å². The lowest BCUT2D eigenvalue weighted by molar-refractivity contribution is -0.138. The molecule has 2 N–H and O–H groups in total. The average molecular weight is 267 g/mol. The molecule has 5 nitrogen and oxygen atoms in total. The Labute approximate surface area is 115 Å². The molecule has 2 aliphatic rings. The molecule has 0 bridgehead atoms. The minimum absolute atomic E-state index is 0.0300. The van der Waals surface area contributed by atoms with Crippen molar-refractivity contribution in [3.8, 4) is 0 Å². The Bertz CT molecular complexity index is 340. The van der Waals surface area contributed by atoms with Gasteiger partial charge in [0.15, 0.2) is 0 Å². The van der Waals surface area contributed by atoms with Crippen LogP contribution in [0.2, 0.25) is 0 Å². The van der Waals surface area contributed by atoms with Gasteiger partial charge in [-0.2, -0.15) is 0 Å². The SMILES string of the molecule is CC(C)C(=O)NCC1CCCN(C(=O)C2CNC2)C1. The fraction of sp³-hybridized carbons (Fsp3) is 0.857. The van der Waals surface area contributed by atoms with Crippen LogP contribution in [-0.4, -0.2) is 49.4 Å². The summed E-state index contributed by atoms with van der Waals surface area (Å²) in [5.74, 6) is 1.02. The average Bonchev–Trinajstić information content (AvgIpc) is 2.34. The van der Waals surface area contributed by atoms with Crippen LogP contribution in [0.5, 0.6) is 0 Å². The van der Waals surface area contributed by atoms with Crippen LogP contribution in [0.25, 0.3) is 0 Å². The Hall–Kier alpha value is -1.10. The number of piperidine rings is 1. The summed E-state index contributed by atoms with van der Waals surface area (Å²) >= 11 is 0. The fourth-order valence-corrected chi connectivity index (χ4v) is 2.60. The molecular formula is C14H25N3O2.